The predicted molar refractivity (Wildman–Crippen MR) is 54.3 cm³/mol. The molecule has 1 rings (SSSR count). The largest absolute Gasteiger partial charge is 0.280 e. The first-order chi connectivity index (χ1) is 6.56. The summed E-state index contributed by atoms with van der Waals surface area (Å²) in [5.41, 5.74) is 8.66. The van der Waals surface area contributed by atoms with Crippen LogP contribution in [0.1, 0.15) is 5.56 Å². The number of hydrogen-bond donors (Lipinski definition) is 0. The first-order valence-electron chi connectivity index (χ1n) is 3.56. The van der Waals surface area contributed by atoms with Gasteiger partial charge in [-0.2, -0.15) is 0 Å². The van der Waals surface area contributed by atoms with Gasteiger partial charge in [-0.05, 0) is 24.1 Å². The topological polar surface area (TPSA) is 91.9 Å². The number of azide groups is 1. The summed E-state index contributed by atoms with van der Waals surface area (Å²) in [4.78, 5) is 12.6. The van der Waals surface area contributed by atoms with Gasteiger partial charge in [0.2, 0.25) is 0 Å². The maximum absolute atomic E-state index is 10.6. The van der Waals surface area contributed by atoms with Crippen LogP contribution in [0.4, 0.5) is 11.4 Å². The van der Waals surface area contributed by atoms with Gasteiger partial charge in [0.25, 0.3) is 5.69 Å². The zero-order valence-corrected chi connectivity index (χ0v) is 8.72. The molecule has 14 heavy (non-hydrogen) atoms. The third-order valence-corrected chi connectivity index (χ3v) is 2.04. The average Bonchev–Trinajstić information content (AvgIpc) is 2.09. The number of hydrogen-bond acceptors (Lipinski definition) is 3. The molecule has 0 atom stereocenters. The minimum atomic E-state index is -0.582. The van der Waals surface area contributed by atoms with Gasteiger partial charge in [0.15, 0.2) is 0 Å². The summed E-state index contributed by atoms with van der Waals surface area (Å²) in [6.07, 6.45) is 0. The number of aryl methyl sites for hydroxylation is 1. The summed E-state index contributed by atoms with van der Waals surface area (Å²) >= 11 is 3.13. The van der Waals surface area contributed by atoms with Gasteiger partial charge in [-0.1, -0.05) is 21.0 Å². The van der Waals surface area contributed by atoms with Gasteiger partial charge < -0.3 is 0 Å². The Morgan fingerprint density at radius 3 is 2.79 bits per heavy atom. The van der Waals surface area contributed by atoms with Crippen molar-refractivity contribution < 1.29 is 4.92 Å². The van der Waals surface area contributed by atoms with Crippen molar-refractivity contribution in [3.8, 4) is 0 Å². The van der Waals surface area contributed by atoms with Crippen LogP contribution in [0.25, 0.3) is 10.4 Å². The van der Waals surface area contributed by atoms with Crippen LogP contribution >= 0.6 is 15.9 Å². The molecule has 0 saturated heterocycles. The molecule has 7 heteroatoms. The number of nitro benzene ring substituents is 1. The summed E-state index contributed by atoms with van der Waals surface area (Å²) in [6, 6.07) is 2.95. The highest BCUT2D eigenvalue weighted by atomic mass is 79.9. The van der Waals surface area contributed by atoms with Crippen LogP contribution in [-0.2, 0) is 0 Å². The van der Waals surface area contributed by atoms with E-state index >= 15 is 0 Å². The van der Waals surface area contributed by atoms with Gasteiger partial charge in [0, 0.05) is 15.5 Å². The summed E-state index contributed by atoms with van der Waals surface area (Å²) in [7, 11) is 0. The van der Waals surface area contributed by atoms with Crippen LogP contribution in [-0.4, -0.2) is 4.92 Å². The minimum absolute atomic E-state index is 0.0562. The Bertz CT molecular complexity index is 440. The minimum Gasteiger partial charge on any atom is -0.258 e. The van der Waals surface area contributed by atoms with E-state index < -0.39 is 4.92 Å². The maximum Gasteiger partial charge on any atom is 0.280 e. The van der Waals surface area contributed by atoms with Crippen molar-refractivity contribution in [2.45, 2.75) is 6.92 Å². The average molecular weight is 257 g/mol. The normalized spacial score (nSPS) is 9.29. The molecule has 0 aliphatic rings. The Hall–Kier alpha value is -1.59. The van der Waals surface area contributed by atoms with Crippen LogP contribution in [0.5, 0.6) is 0 Å². The lowest BCUT2D eigenvalue weighted by molar-refractivity contribution is -0.384. The van der Waals surface area contributed by atoms with Crippen LogP contribution in [0.15, 0.2) is 21.7 Å². The fourth-order valence-corrected chi connectivity index (χ4v) is 1.59. The molecular formula is C7H5BrN4O2. The van der Waals surface area contributed by atoms with E-state index in [0.717, 1.165) is 0 Å². The molecule has 1 aromatic carbocycles. The Morgan fingerprint density at radius 1 is 1.64 bits per heavy atom. The van der Waals surface area contributed by atoms with Crippen molar-refractivity contribution in [1.29, 1.82) is 0 Å². The highest BCUT2D eigenvalue weighted by Crippen LogP contribution is 2.34. The van der Waals surface area contributed by atoms with Gasteiger partial charge in [0.1, 0.15) is 5.69 Å². The Labute approximate surface area is 87.5 Å². The highest BCUT2D eigenvalue weighted by molar-refractivity contribution is 9.10. The molecule has 0 aliphatic carbocycles. The second kappa shape index (κ2) is 4.08. The van der Waals surface area contributed by atoms with E-state index in [1.165, 1.54) is 6.07 Å². The fraction of sp³-hybridized carbons (Fsp3) is 0.143. The Morgan fingerprint density at radius 2 is 2.29 bits per heavy atom. The van der Waals surface area contributed by atoms with Crippen molar-refractivity contribution in [2.24, 2.45) is 5.11 Å². The monoisotopic (exact) mass is 256 g/mol. The van der Waals surface area contributed by atoms with Crippen LogP contribution in [0, 0.1) is 17.0 Å². The van der Waals surface area contributed by atoms with Gasteiger partial charge in [0.05, 0.1) is 4.92 Å². The van der Waals surface area contributed by atoms with E-state index in [4.69, 9.17) is 5.53 Å². The standard InChI is InChI=1S/C7H5BrN4O2/c1-4-2-5(8)3-6(12(13)14)7(4)10-11-9/h2-3H,1H3. The Balaban J connectivity index is 3.51. The van der Waals surface area contributed by atoms with E-state index in [-0.39, 0.29) is 11.4 Å². The Kier molecular flexibility index (Phi) is 3.06. The van der Waals surface area contributed by atoms with E-state index in [9.17, 15) is 10.1 Å². The van der Waals surface area contributed by atoms with E-state index in [0.29, 0.717) is 10.0 Å². The summed E-state index contributed by atoms with van der Waals surface area (Å²) < 4.78 is 0.582. The predicted octanol–water partition coefficient (Wildman–Crippen LogP) is 3.61. The first-order valence-corrected chi connectivity index (χ1v) is 4.35. The molecule has 0 aliphatic heterocycles. The molecule has 1 aromatic rings. The molecule has 0 aromatic heterocycles. The number of halogens is 1. The molecule has 0 saturated carbocycles. The van der Waals surface area contributed by atoms with Crippen molar-refractivity contribution in [1.82, 2.24) is 0 Å². The lowest BCUT2D eigenvalue weighted by Crippen LogP contribution is -1.90. The molecule has 0 N–H and O–H groups in total. The maximum atomic E-state index is 10.6. The van der Waals surface area contributed by atoms with Crippen molar-refractivity contribution in [3.63, 3.8) is 0 Å². The first kappa shape index (κ1) is 10.5. The third kappa shape index (κ3) is 2.01. The smallest absolute Gasteiger partial charge is 0.258 e. The van der Waals surface area contributed by atoms with Gasteiger partial charge in [-0.25, -0.2) is 0 Å². The molecule has 0 radical (unpaired) electrons. The second-order valence-corrected chi connectivity index (χ2v) is 3.45. The summed E-state index contributed by atoms with van der Waals surface area (Å²) in [5.74, 6) is 0. The van der Waals surface area contributed by atoms with Crippen LogP contribution < -0.4 is 0 Å². The third-order valence-electron chi connectivity index (χ3n) is 1.59. The van der Waals surface area contributed by atoms with Crippen LogP contribution in [0.2, 0.25) is 0 Å². The molecule has 0 bridgehead atoms. The van der Waals surface area contributed by atoms with Gasteiger partial charge in [-0.3, -0.25) is 10.1 Å². The molecule has 0 unspecified atom stereocenters. The second-order valence-electron chi connectivity index (χ2n) is 2.54. The van der Waals surface area contributed by atoms with Crippen molar-refractivity contribution in [2.75, 3.05) is 0 Å². The summed E-state index contributed by atoms with van der Waals surface area (Å²) in [6.45, 7) is 1.64. The SMILES string of the molecule is Cc1cc(Br)cc([N+](=O)[O-])c1N=[N+]=[N-]. The van der Waals surface area contributed by atoms with Crippen molar-refractivity contribution >= 4 is 27.3 Å². The molecule has 0 amide bonds. The van der Waals surface area contributed by atoms with Crippen molar-refractivity contribution in [3.05, 3.63) is 42.7 Å². The fourth-order valence-electron chi connectivity index (χ4n) is 1.03. The quantitative estimate of drug-likeness (QED) is 0.266. The molecule has 0 heterocycles. The lowest BCUT2D eigenvalue weighted by atomic mass is 10.2. The number of rotatable bonds is 2. The number of nitro groups is 1. The summed E-state index contributed by atoms with van der Waals surface area (Å²) in [5, 5.41) is 13.9. The molecular weight excluding hydrogens is 252 g/mol. The lowest BCUT2D eigenvalue weighted by Gasteiger charge is -2.01. The van der Waals surface area contributed by atoms with E-state index in [1.807, 2.05) is 0 Å². The molecule has 0 spiro atoms. The zero-order valence-electron chi connectivity index (χ0n) is 7.14. The number of nitrogens with zero attached hydrogens (tertiary/aromatic N) is 4. The molecule has 72 valence electrons. The number of benzene rings is 1. The van der Waals surface area contributed by atoms with Crippen LogP contribution in [0.3, 0.4) is 0 Å². The van der Waals surface area contributed by atoms with Gasteiger partial charge in [-0.15, -0.1) is 0 Å². The molecule has 0 fully saturated rings. The highest BCUT2D eigenvalue weighted by Gasteiger charge is 2.15. The molecule has 6 nitrogen and oxygen atoms in total. The van der Waals surface area contributed by atoms with E-state index in [1.54, 1.807) is 13.0 Å². The van der Waals surface area contributed by atoms with E-state index in [2.05, 4.69) is 26.0 Å². The van der Waals surface area contributed by atoms with Gasteiger partial charge >= 0.3 is 0 Å². The zero-order chi connectivity index (χ0) is 10.7.